The molecule has 26 heavy (non-hydrogen) atoms. The Morgan fingerprint density at radius 1 is 1.15 bits per heavy atom. The minimum absolute atomic E-state index is 0.174. The van der Waals surface area contributed by atoms with Crippen molar-refractivity contribution in [3.8, 4) is 6.07 Å². The summed E-state index contributed by atoms with van der Waals surface area (Å²) in [5.74, 6) is 1.34. The van der Waals surface area contributed by atoms with Gasteiger partial charge in [0.2, 0.25) is 5.95 Å². The highest BCUT2D eigenvalue weighted by Gasteiger charge is 2.20. The van der Waals surface area contributed by atoms with Gasteiger partial charge in [-0.05, 0) is 49.9 Å². The number of rotatable bonds is 4. The number of aliphatic hydroxyl groups is 1. The first-order valence-electron chi connectivity index (χ1n) is 8.65. The summed E-state index contributed by atoms with van der Waals surface area (Å²) in [6, 6.07) is 11.5. The summed E-state index contributed by atoms with van der Waals surface area (Å²) in [6.07, 6.45) is 4.93. The number of aliphatic hydroxyl groups excluding tert-OH is 1. The zero-order valence-corrected chi connectivity index (χ0v) is 14.1. The Morgan fingerprint density at radius 3 is 2.73 bits per heavy atom. The van der Waals surface area contributed by atoms with Crippen LogP contribution in [0.25, 0.3) is 5.65 Å². The third-order valence-corrected chi connectivity index (χ3v) is 4.54. The van der Waals surface area contributed by atoms with Crippen molar-refractivity contribution in [2.45, 2.75) is 37.8 Å². The van der Waals surface area contributed by atoms with Gasteiger partial charge in [-0.3, -0.25) is 0 Å². The van der Waals surface area contributed by atoms with Crippen LogP contribution in [-0.2, 0) is 0 Å². The number of anilines is 3. The van der Waals surface area contributed by atoms with Gasteiger partial charge < -0.3 is 15.7 Å². The molecule has 0 saturated heterocycles. The third kappa shape index (κ3) is 3.43. The molecule has 3 N–H and O–H groups in total. The standard InChI is InChI=1S/C18H19N7O/c19-10-13-4-5-14(11-20-13)22-18-23-17-3-1-2-16(25(17)24-18)21-12-6-8-15(26)9-7-12/h1-5,11-12,15,21,26H,6-9H2,(H,22,24)/t12-,15+. The maximum Gasteiger partial charge on any atom is 0.247 e. The maximum absolute atomic E-state index is 9.65. The van der Waals surface area contributed by atoms with Gasteiger partial charge in [0, 0.05) is 6.04 Å². The lowest BCUT2D eigenvalue weighted by molar-refractivity contribution is 0.126. The fourth-order valence-corrected chi connectivity index (χ4v) is 3.16. The average Bonchev–Trinajstić information content (AvgIpc) is 3.08. The predicted octanol–water partition coefficient (Wildman–Crippen LogP) is 2.45. The molecule has 3 heterocycles. The predicted molar refractivity (Wildman–Crippen MR) is 97.1 cm³/mol. The molecule has 1 aliphatic carbocycles. The second kappa shape index (κ2) is 6.98. The Labute approximate surface area is 150 Å². The third-order valence-electron chi connectivity index (χ3n) is 4.54. The Bertz CT molecular complexity index is 936. The van der Waals surface area contributed by atoms with Crippen molar-refractivity contribution < 1.29 is 5.11 Å². The highest BCUT2D eigenvalue weighted by molar-refractivity contribution is 5.57. The number of hydrogen-bond donors (Lipinski definition) is 3. The maximum atomic E-state index is 9.65. The Morgan fingerprint density at radius 2 is 2.00 bits per heavy atom. The topological polar surface area (TPSA) is 111 Å². The first-order valence-corrected chi connectivity index (χ1v) is 8.65. The molecule has 4 rings (SSSR count). The van der Waals surface area contributed by atoms with Crippen molar-refractivity contribution in [2.75, 3.05) is 10.6 Å². The van der Waals surface area contributed by atoms with Gasteiger partial charge in [-0.1, -0.05) is 6.07 Å². The molecule has 0 amide bonds. The second-order valence-corrected chi connectivity index (χ2v) is 6.44. The van der Waals surface area contributed by atoms with Crippen LogP contribution in [0.1, 0.15) is 31.4 Å². The van der Waals surface area contributed by atoms with Gasteiger partial charge in [0.05, 0.1) is 18.0 Å². The number of hydrogen-bond acceptors (Lipinski definition) is 7. The number of pyridine rings is 2. The molecule has 8 nitrogen and oxygen atoms in total. The van der Waals surface area contributed by atoms with Crippen LogP contribution in [-0.4, -0.2) is 36.8 Å². The average molecular weight is 349 g/mol. The Balaban J connectivity index is 1.54. The summed E-state index contributed by atoms with van der Waals surface area (Å²) < 4.78 is 1.77. The highest BCUT2D eigenvalue weighted by Crippen LogP contribution is 2.23. The molecule has 0 spiro atoms. The second-order valence-electron chi connectivity index (χ2n) is 6.44. The Kier molecular flexibility index (Phi) is 4.37. The lowest BCUT2D eigenvalue weighted by Crippen LogP contribution is -2.29. The summed E-state index contributed by atoms with van der Waals surface area (Å²) in [5, 5.41) is 29.6. The lowest BCUT2D eigenvalue weighted by atomic mass is 9.93. The SMILES string of the molecule is N#Cc1ccc(Nc2nc3cccc(N[C@H]4CC[C@@H](O)CC4)n3n2)cn1. The number of nitrogens with one attached hydrogen (secondary N) is 2. The van der Waals surface area contributed by atoms with E-state index in [0.29, 0.717) is 17.7 Å². The van der Waals surface area contributed by atoms with Crippen LogP contribution in [0.3, 0.4) is 0 Å². The molecule has 0 aromatic carbocycles. The van der Waals surface area contributed by atoms with E-state index in [-0.39, 0.29) is 6.10 Å². The smallest absolute Gasteiger partial charge is 0.247 e. The number of nitrogens with zero attached hydrogens (tertiary/aromatic N) is 5. The molecule has 0 unspecified atom stereocenters. The fourth-order valence-electron chi connectivity index (χ4n) is 3.16. The fraction of sp³-hybridized carbons (Fsp3) is 0.333. The number of nitriles is 1. The van der Waals surface area contributed by atoms with Gasteiger partial charge in [0.25, 0.3) is 0 Å². The van der Waals surface area contributed by atoms with Crippen molar-refractivity contribution in [1.29, 1.82) is 5.26 Å². The molecule has 1 fully saturated rings. The molecule has 0 aliphatic heterocycles. The van der Waals surface area contributed by atoms with Crippen molar-refractivity contribution in [3.63, 3.8) is 0 Å². The van der Waals surface area contributed by atoms with Crippen LogP contribution in [0.5, 0.6) is 0 Å². The largest absolute Gasteiger partial charge is 0.393 e. The van der Waals surface area contributed by atoms with Gasteiger partial charge in [0.1, 0.15) is 17.6 Å². The van der Waals surface area contributed by atoms with Crippen molar-refractivity contribution in [2.24, 2.45) is 0 Å². The minimum Gasteiger partial charge on any atom is -0.393 e. The van der Waals surface area contributed by atoms with E-state index in [1.165, 1.54) is 0 Å². The van der Waals surface area contributed by atoms with Crippen LogP contribution in [0, 0.1) is 11.3 Å². The first kappa shape index (κ1) is 16.3. The van der Waals surface area contributed by atoms with E-state index in [1.54, 1.807) is 22.8 Å². The van der Waals surface area contributed by atoms with Gasteiger partial charge in [0.15, 0.2) is 5.65 Å². The van der Waals surface area contributed by atoms with E-state index in [4.69, 9.17) is 5.26 Å². The van der Waals surface area contributed by atoms with Gasteiger partial charge in [-0.2, -0.15) is 14.8 Å². The molecule has 8 heteroatoms. The quantitative estimate of drug-likeness (QED) is 0.663. The first-order chi connectivity index (χ1) is 12.7. The van der Waals surface area contributed by atoms with E-state index in [0.717, 1.165) is 42.8 Å². The monoisotopic (exact) mass is 349 g/mol. The molecule has 0 bridgehead atoms. The molecule has 3 aromatic heterocycles. The Hall–Kier alpha value is -3.18. The van der Waals surface area contributed by atoms with Crippen LogP contribution in [0.15, 0.2) is 36.5 Å². The summed E-state index contributed by atoms with van der Waals surface area (Å²) in [4.78, 5) is 8.51. The van der Waals surface area contributed by atoms with E-state index in [9.17, 15) is 5.11 Å². The number of fused-ring (bicyclic) bond motifs is 1. The van der Waals surface area contributed by atoms with E-state index in [2.05, 4.69) is 25.7 Å². The molecule has 1 aliphatic rings. The molecular formula is C18H19N7O. The summed E-state index contributed by atoms with van der Waals surface area (Å²) in [6.45, 7) is 0. The molecule has 3 aromatic rings. The highest BCUT2D eigenvalue weighted by atomic mass is 16.3. The molecular weight excluding hydrogens is 330 g/mol. The van der Waals surface area contributed by atoms with Crippen LogP contribution < -0.4 is 10.6 Å². The van der Waals surface area contributed by atoms with Gasteiger partial charge in [-0.25, -0.2) is 4.98 Å². The molecule has 0 radical (unpaired) electrons. The lowest BCUT2D eigenvalue weighted by Gasteiger charge is -2.26. The van der Waals surface area contributed by atoms with E-state index >= 15 is 0 Å². The number of aromatic nitrogens is 4. The zero-order valence-electron chi connectivity index (χ0n) is 14.1. The van der Waals surface area contributed by atoms with Gasteiger partial charge >= 0.3 is 0 Å². The van der Waals surface area contributed by atoms with Crippen molar-refractivity contribution in [3.05, 3.63) is 42.2 Å². The molecule has 1 saturated carbocycles. The van der Waals surface area contributed by atoms with Crippen molar-refractivity contribution >= 4 is 23.1 Å². The summed E-state index contributed by atoms with van der Waals surface area (Å²) in [5.41, 5.74) is 1.81. The summed E-state index contributed by atoms with van der Waals surface area (Å²) >= 11 is 0. The van der Waals surface area contributed by atoms with Crippen LogP contribution in [0.2, 0.25) is 0 Å². The van der Waals surface area contributed by atoms with Crippen molar-refractivity contribution in [1.82, 2.24) is 19.6 Å². The van der Waals surface area contributed by atoms with Gasteiger partial charge in [-0.15, -0.1) is 5.10 Å². The minimum atomic E-state index is -0.174. The van der Waals surface area contributed by atoms with E-state index in [1.807, 2.05) is 24.3 Å². The molecule has 0 atom stereocenters. The molecule has 132 valence electrons. The van der Waals surface area contributed by atoms with Crippen LogP contribution in [0.4, 0.5) is 17.5 Å². The normalized spacial score (nSPS) is 19.8. The zero-order chi connectivity index (χ0) is 17.9. The summed E-state index contributed by atoms with van der Waals surface area (Å²) in [7, 11) is 0. The van der Waals surface area contributed by atoms with E-state index < -0.39 is 0 Å². The van der Waals surface area contributed by atoms with Crippen LogP contribution >= 0.6 is 0 Å².